The summed E-state index contributed by atoms with van der Waals surface area (Å²) in [4.78, 5) is 11.3. The molecule has 0 spiro atoms. The lowest BCUT2D eigenvalue weighted by atomic mass is 9.82. The lowest BCUT2D eigenvalue weighted by Gasteiger charge is -2.39. The van der Waals surface area contributed by atoms with Crippen LogP contribution in [0.25, 0.3) is 0 Å². The van der Waals surface area contributed by atoms with Gasteiger partial charge in [0.25, 0.3) is 0 Å². The number of hydrogen-bond acceptors (Lipinski definition) is 2. The summed E-state index contributed by atoms with van der Waals surface area (Å²) in [7, 11) is 0. The average Bonchev–Trinajstić information content (AvgIpc) is 3.15. The van der Waals surface area contributed by atoms with Gasteiger partial charge in [-0.2, -0.15) is 0 Å². The molecule has 3 rings (SSSR count). The summed E-state index contributed by atoms with van der Waals surface area (Å²) in [5, 5.41) is 3.46. The molecule has 2 unspecified atom stereocenters. The molecular formula is C20H30IN5. The maximum absolute atomic E-state index is 4.83. The molecule has 0 saturated carbocycles. The Balaban J connectivity index is 0.00000243. The SMILES string of the molecule is CCNC(=NCCn1ccnc1)N1CCC(c2ccccc2)C(C)C1.I. The highest BCUT2D eigenvalue weighted by molar-refractivity contribution is 14.0. The zero-order chi connectivity index (χ0) is 17.5. The molecule has 1 aliphatic heterocycles. The fourth-order valence-corrected chi connectivity index (χ4v) is 3.65. The third-order valence-corrected chi connectivity index (χ3v) is 4.95. The van der Waals surface area contributed by atoms with E-state index < -0.39 is 0 Å². The molecule has 0 amide bonds. The fourth-order valence-electron chi connectivity index (χ4n) is 3.65. The first-order chi connectivity index (χ1) is 12.3. The summed E-state index contributed by atoms with van der Waals surface area (Å²) in [6.07, 6.45) is 6.81. The van der Waals surface area contributed by atoms with Gasteiger partial charge in [0, 0.05) is 38.6 Å². The van der Waals surface area contributed by atoms with E-state index in [9.17, 15) is 0 Å². The molecule has 1 aromatic heterocycles. The molecule has 1 fully saturated rings. The normalized spacial score (nSPS) is 20.5. The Kier molecular flexibility index (Phi) is 8.41. The summed E-state index contributed by atoms with van der Waals surface area (Å²) >= 11 is 0. The number of halogens is 1. The predicted molar refractivity (Wildman–Crippen MR) is 118 cm³/mol. The third-order valence-electron chi connectivity index (χ3n) is 4.95. The summed E-state index contributed by atoms with van der Waals surface area (Å²) in [5.74, 6) is 2.31. The maximum atomic E-state index is 4.83. The summed E-state index contributed by atoms with van der Waals surface area (Å²) < 4.78 is 2.07. The lowest BCUT2D eigenvalue weighted by Crippen LogP contribution is -2.48. The van der Waals surface area contributed by atoms with E-state index in [0.717, 1.165) is 38.7 Å². The Bertz CT molecular complexity index is 656. The first-order valence-electron chi connectivity index (χ1n) is 9.32. The van der Waals surface area contributed by atoms with Crippen LogP contribution in [-0.2, 0) is 6.54 Å². The second-order valence-corrected chi connectivity index (χ2v) is 6.77. The van der Waals surface area contributed by atoms with Crippen LogP contribution in [0.5, 0.6) is 0 Å². The van der Waals surface area contributed by atoms with Gasteiger partial charge in [-0.05, 0) is 30.7 Å². The van der Waals surface area contributed by atoms with E-state index in [1.807, 2.05) is 18.7 Å². The largest absolute Gasteiger partial charge is 0.357 e. The van der Waals surface area contributed by atoms with Gasteiger partial charge < -0.3 is 14.8 Å². The minimum absolute atomic E-state index is 0. The smallest absolute Gasteiger partial charge is 0.193 e. The van der Waals surface area contributed by atoms with Gasteiger partial charge in [0.05, 0.1) is 12.9 Å². The van der Waals surface area contributed by atoms with E-state index in [1.54, 1.807) is 0 Å². The first-order valence-corrected chi connectivity index (χ1v) is 9.32. The molecule has 0 bridgehead atoms. The second-order valence-electron chi connectivity index (χ2n) is 6.77. The van der Waals surface area contributed by atoms with Crippen molar-refractivity contribution in [2.24, 2.45) is 10.9 Å². The minimum atomic E-state index is 0. The summed E-state index contributed by atoms with van der Waals surface area (Å²) in [6, 6.07) is 10.9. The quantitative estimate of drug-likeness (QED) is 0.416. The zero-order valence-electron chi connectivity index (χ0n) is 15.7. The Morgan fingerprint density at radius 1 is 1.31 bits per heavy atom. The van der Waals surface area contributed by atoms with E-state index in [2.05, 4.69) is 63.9 Å². The summed E-state index contributed by atoms with van der Waals surface area (Å²) in [6.45, 7) is 9.13. The zero-order valence-corrected chi connectivity index (χ0v) is 18.0. The lowest BCUT2D eigenvalue weighted by molar-refractivity contribution is 0.234. The molecule has 1 N–H and O–H groups in total. The van der Waals surface area contributed by atoms with Crippen LogP contribution < -0.4 is 5.32 Å². The Labute approximate surface area is 173 Å². The van der Waals surface area contributed by atoms with Crippen molar-refractivity contribution in [1.82, 2.24) is 19.8 Å². The van der Waals surface area contributed by atoms with Gasteiger partial charge in [-0.1, -0.05) is 37.3 Å². The Hall–Kier alpha value is -1.57. The molecule has 1 aliphatic rings. The van der Waals surface area contributed by atoms with Gasteiger partial charge in [-0.3, -0.25) is 4.99 Å². The van der Waals surface area contributed by atoms with Crippen LogP contribution in [-0.4, -0.2) is 46.6 Å². The van der Waals surface area contributed by atoms with Gasteiger partial charge in [-0.15, -0.1) is 24.0 Å². The fraction of sp³-hybridized carbons (Fsp3) is 0.500. The van der Waals surface area contributed by atoms with E-state index in [1.165, 1.54) is 12.0 Å². The van der Waals surface area contributed by atoms with Gasteiger partial charge in [0.2, 0.25) is 0 Å². The Morgan fingerprint density at radius 2 is 2.12 bits per heavy atom. The van der Waals surface area contributed by atoms with Gasteiger partial charge >= 0.3 is 0 Å². The van der Waals surface area contributed by atoms with Gasteiger partial charge in [0.15, 0.2) is 5.96 Å². The van der Waals surface area contributed by atoms with Crippen molar-refractivity contribution < 1.29 is 0 Å². The van der Waals surface area contributed by atoms with Crippen molar-refractivity contribution >= 4 is 29.9 Å². The van der Waals surface area contributed by atoms with E-state index in [0.29, 0.717) is 11.8 Å². The summed E-state index contributed by atoms with van der Waals surface area (Å²) in [5.41, 5.74) is 1.47. The monoisotopic (exact) mass is 467 g/mol. The molecule has 142 valence electrons. The van der Waals surface area contributed by atoms with Crippen LogP contribution in [0.15, 0.2) is 54.0 Å². The van der Waals surface area contributed by atoms with Crippen LogP contribution in [0, 0.1) is 5.92 Å². The number of benzene rings is 1. The number of aliphatic imine (C=N–C) groups is 1. The van der Waals surface area contributed by atoms with Crippen LogP contribution in [0.1, 0.15) is 31.7 Å². The molecule has 6 heteroatoms. The molecule has 2 atom stereocenters. The number of aromatic nitrogens is 2. The maximum Gasteiger partial charge on any atom is 0.193 e. The second kappa shape index (κ2) is 10.5. The average molecular weight is 467 g/mol. The van der Waals surface area contributed by atoms with Gasteiger partial charge in [0.1, 0.15) is 0 Å². The van der Waals surface area contributed by atoms with Crippen LogP contribution >= 0.6 is 24.0 Å². The topological polar surface area (TPSA) is 45.5 Å². The molecule has 2 heterocycles. The molecule has 0 aliphatic carbocycles. The van der Waals surface area contributed by atoms with Crippen molar-refractivity contribution in [3.8, 4) is 0 Å². The number of hydrogen-bond donors (Lipinski definition) is 1. The van der Waals surface area contributed by atoms with Crippen molar-refractivity contribution in [2.45, 2.75) is 32.7 Å². The van der Waals surface area contributed by atoms with Crippen LogP contribution in [0.3, 0.4) is 0 Å². The van der Waals surface area contributed by atoms with Crippen molar-refractivity contribution in [1.29, 1.82) is 0 Å². The van der Waals surface area contributed by atoms with Crippen molar-refractivity contribution in [3.05, 3.63) is 54.6 Å². The Morgan fingerprint density at radius 3 is 2.77 bits per heavy atom. The molecule has 0 radical (unpaired) electrons. The number of guanidine groups is 1. The molecule has 26 heavy (non-hydrogen) atoms. The third kappa shape index (κ3) is 5.46. The molecule has 5 nitrogen and oxygen atoms in total. The predicted octanol–water partition coefficient (Wildman–Crippen LogP) is 3.59. The number of nitrogens with zero attached hydrogens (tertiary/aromatic N) is 4. The molecule has 1 saturated heterocycles. The van der Waals surface area contributed by atoms with Crippen molar-refractivity contribution in [2.75, 3.05) is 26.2 Å². The minimum Gasteiger partial charge on any atom is -0.357 e. The molecule has 1 aromatic carbocycles. The highest BCUT2D eigenvalue weighted by atomic mass is 127. The highest BCUT2D eigenvalue weighted by Gasteiger charge is 2.28. The standard InChI is InChI=1S/C20H29N5.HI/c1-3-22-20(23-11-14-24-13-10-21-16-24)25-12-9-19(17(2)15-25)18-7-5-4-6-8-18;/h4-8,10,13,16-17,19H,3,9,11-12,14-15H2,1-2H3,(H,22,23);1H. The van der Waals surface area contributed by atoms with Crippen LogP contribution in [0.2, 0.25) is 0 Å². The number of rotatable bonds is 5. The van der Waals surface area contributed by atoms with E-state index in [-0.39, 0.29) is 24.0 Å². The number of imidazole rings is 1. The number of nitrogens with one attached hydrogen (secondary N) is 1. The van der Waals surface area contributed by atoms with Crippen molar-refractivity contribution in [3.63, 3.8) is 0 Å². The molecule has 2 aromatic rings. The first kappa shape index (κ1) is 20.7. The van der Waals surface area contributed by atoms with Gasteiger partial charge in [-0.25, -0.2) is 4.98 Å². The number of piperidine rings is 1. The van der Waals surface area contributed by atoms with E-state index in [4.69, 9.17) is 4.99 Å². The highest BCUT2D eigenvalue weighted by Crippen LogP contribution is 2.32. The molecular weight excluding hydrogens is 437 g/mol. The number of likely N-dealkylation sites (tertiary alicyclic amines) is 1. The van der Waals surface area contributed by atoms with E-state index >= 15 is 0 Å². The van der Waals surface area contributed by atoms with Crippen LogP contribution in [0.4, 0.5) is 0 Å².